The zero-order valence-corrected chi connectivity index (χ0v) is 11.8. The second-order valence-corrected chi connectivity index (χ2v) is 5.31. The number of carboxylic acids is 1. The molecule has 21 heavy (non-hydrogen) atoms. The van der Waals surface area contributed by atoms with Crippen LogP contribution >= 0.6 is 0 Å². The zero-order chi connectivity index (χ0) is 15.6. The van der Waals surface area contributed by atoms with Crippen LogP contribution in [0.25, 0.3) is 0 Å². The van der Waals surface area contributed by atoms with E-state index in [4.69, 9.17) is 0 Å². The summed E-state index contributed by atoms with van der Waals surface area (Å²) in [5, 5.41) is 18.7. The third-order valence-corrected chi connectivity index (χ3v) is 3.98. The Morgan fingerprint density at radius 1 is 1.43 bits per heavy atom. The minimum atomic E-state index is -1.25. The molecule has 1 aromatic rings. The van der Waals surface area contributed by atoms with Gasteiger partial charge < -0.3 is 15.1 Å². The molecule has 0 saturated carbocycles. The van der Waals surface area contributed by atoms with Crippen LogP contribution in [0.5, 0.6) is 5.75 Å². The Kier molecular flexibility index (Phi) is 4.16. The number of carboxylic acid groups (broad SMARTS) is 1. The quantitative estimate of drug-likeness (QED) is 0.894. The number of likely N-dealkylation sites (tertiary alicyclic amines) is 1. The molecule has 0 aliphatic carbocycles. The Balaban J connectivity index is 2.39. The first-order chi connectivity index (χ1) is 9.92. The number of rotatable bonds is 4. The van der Waals surface area contributed by atoms with Gasteiger partial charge in [0.05, 0.1) is 5.56 Å². The average Bonchev–Trinajstić information content (AvgIpc) is 2.83. The number of carbonyl (C=O) groups is 2. The molecule has 1 aromatic carbocycles. The first-order valence-corrected chi connectivity index (χ1v) is 6.96. The second-order valence-electron chi connectivity index (χ2n) is 5.31. The summed E-state index contributed by atoms with van der Waals surface area (Å²) < 4.78 is 13.8. The smallest absolute Gasteiger partial charge is 0.329 e. The predicted molar refractivity (Wildman–Crippen MR) is 73.6 cm³/mol. The maximum absolute atomic E-state index is 13.8. The molecule has 1 atom stereocenters. The molecule has 0 radical (unpaired) electrons. The van der Waals surface area contributed by atoms with E-state index >= 15 is 0 Å². The van der Waals surface area contributed by atoms with Crippen molar-refractivity contribution in [3.05, 3.63) is 29.6 Å². The van der Waals surface area contributed by atoms with E-state index in [1.165, 1.54) is 17.0 Å². The molecule has 1 fully saturated rings. The number of nitrogens with zero attached hydrogens (tertiary/aromatic N) is 1. The van der Waals surface area contributed by atoms with Gasteiger partial charge in [-0.1, -0.05) is 13.3 Å². The summed E-state index contributed by atoms with van der Waals surface area (Å²) >= 11 is 0. The highest BCUT2D eigenvalue weighted by molar-refractivity contribution is 5.98. The molecule has 1 saturated heterocycles. The van der Waals surface area contributed by atoms with Gasteiger partial charge in [0.25, 0.3) is 5.91 Å². The lowest BCUT2D eigenvalue weighted by molar-refractivity contribution is -0.148. The Hall–Kier alpha value is -2.11. The van der Waals surface area contributed by atoms with Crippen molar-refractivity contribution >= 4 is 11.9 Å². The molecule has 1 heterocycles. The van der Waals surface area contributed by atoms with Crippen molar-refractivity contribution in [3.63, 3.8) is 0 Å². The van der Waals surface area contributed by atoms with Crippen LogP contribution in [0.15, 0.2) is 18.2 Å². The van der Waals surface area contributed by atoms with Crippen molar-refractivity contribution in [2.45, 2.75) is 38.1 Å². The van der Waals surface area contributed by atoms with Crippen LogP contribution in [0.1, 0.15) is 43.0 Å². The summed E-state index contributed by atoms with van der Waals surface area (Å²) in [6.45, 7) is 2.15. The van der Waals surface area contributed by atoms with Crippen LogP contribution < -0.4 is 0 Å². The number of hydrogen-bond acceptors (Lipinski definition) is 3. The maximum atomic E-state index is 13.8. The van der Waals surface area contributed by atoms with E-state index in [0.717, 1.165) is 6.07 Å². The van der Waals surface area contributed by atoms with E-state index in [1.54, 1.807) is 0 Å². The number of carbonyl (C=O) groups excluding carboxylic acids is 1. The Bertz CT molecular complexity index is 575. The molecule has 6 heteroatoms. The highest BCUT2D eigenvalue weighted by Crippen LogP contribution is 2.35. The highest BCUT2D eigenvalue weighted by Gasteiger charge is 2.49. The predicted octanol–water partition coefficient (Wildman–Crippen LogP) is 2.39. The molecule has 5 nitrogen and oxygen atoms in total. The molecule has 2 N–H and O–H groups in total. The van der Waals surface area contributed by atoms with E-state index in [2.05, 4.69) is 0 Å². The monoisotopic (exact) mass is 295 g/mol. The van der Waals surface area contributed by atoms with Crippen molar-refractivity contribution in [2.75, 3.05) is 6.54 Å². The summed E-state index contributed by atoms with van der Waals surface area (Å²) in [6.07, 6.45) is 1.92. The normalized spacial score (nSPS) is 21.5. The fourth-order valence-corrected chi connectivity index (χ4v) is 3.00. The fourth-order valence-electron chi connectivity index (χ4n) is 3.00. The Morgan fingerprint density at radius 2 is 2.14 bits per heavy atom. The molecule has 1 aliphatic rings. The third kappa shape index (κ3) is 2.57. The fraction of sp³-hybridized carbons (Fsp3) is 0.467. The van der Waals surface area contributed by atoms with Gasteiger partial charge >= 0.3 is 5.97 Å². The summed E-state index contributed by atoms with van der Waals surface area (Å²) in [5.41, 5.74) is -1.47. The number of halogens is 1. The minimum absolute atomic E-state index is 0.212. The van der Waals surface area contributed by atoms with Crippen LogP contribution in [0.2, 0.25) is 0 Å². The van der Waals surface area contributed by atoms with Gasteiger partial charge in [0.1, 0.15) is 17.1 Å². The lowest BCUT2D eigenvalue weighted by Crippen LogP contribution is -2.53. The number of phenolic OH excluding ortho intramolecular Hbond substituents is 1. The molecule has 114 valence electrons. The van der Waals surface area contributed by atoms with Crippen LogP contribution in [0, 0.1) is 5.82 Å². The zero-order valence-electron chi connectivity index (χ0n) is 11.8. The van der Waals surface area contributed by atoms with Crippen LogP contribution in [0.4, 0.5) is 4.39 Å². The van der Waals surface area contributed by atoms with Gasteiger partial charge in [-0.25, -0.2) is 9.18 Å². The molecule has 2 rings (SSSR count). The van der Waals surface area contributed by atoms with Crippen molar-refractivity contribution in [1.82, 2.24) is 4.90 Å². The van der Waals surface area contributed by atoms with Crippen molar-refractivity contribution in [2.24, 2.45) is 0 Å². The number of aromatic hydroxyl groups is 1. The summed E-state index contributed by atoms with van der Waals surface area (Å²) in [6, 6.07) is 3.25. The van der Waals surface area contributed by atoms with E-state index in [-0.39, 0.29) is 11.3 Å². The molecular weight excluding hydrogens is 277 g/mol. The summed E-state index contributed by atoms with van der Waals surface area (Å²) in [5.74, 6) is -2.80. The van der Waals surface area contributed by atoms with Crippen LogP contribution in [0.3, 0.4) is 0 Å². The van der Waals surface area contributed by atoms with Crippen LogP contribution in [-0.2, 0) is 4.79 Å². The molecule has 1 aliphatic heterocycles. The molecule has 1 amide bonds. The maximum Gasteiger partial charge on any atom is 0.329 e. The van der Waals surface area contributed by atoms with E-state index in [0.29, 0.717) is 32.2 Å². The van der Waals surface area contributed by atoms with Crippen molar-refractivity contribution < 1.29 is 24.2 Å². The molecule has 1 unspecified atom stereocenters. The number of aliphatic carboxylic acids is 1. The van der Waals surface area contributed by atoms with Gasteiger partial charge in [-0.2, -0.15) is 0 Å². The van der Waals surface area contributed by atoms with Gasteiger partial charge in [-0.05, 0) is 31.4 Å². The van der Waals surface area contributed by atoms with E-state index in [9.17, 15) is 24.2 Å². The average molecular weight is 295 g/mol. The van der Waals surface area contributed by atoms with Crippen molar-refractivity contribution in [3.8, 4) is 5.75 Å². The summed E-state index contributed by atoms with van der Waals surface area (Å²) in [7, 11) is 0. The largest absolute Gasteiger partial charge is 0.508 e. The Labute approximate surface area is 122 Å². The Morgan fingerprint density at radius 3 is 2.71 bits per heavy atom. The third-order valence-electron chi connectivity index (χ3n) is 3.98. The summed E-state index contributed by atoms with van der Waals surface area (Å²) in [4.78, 5) is 25.4. The molecule has 0 bridgehead atoms. The number of hydrogen-bond donors (Lipinski definition) is 2. The molecule has 0 aromatic heterocycles. The first-order valence-electron chi connectivity index (χ1n) is 6.96. The molecular formula is C15H18FNO4. The van der Waals surface area contributed by atoms with E-state index in [1.807, 2.05) is 6.92 Å². The lowest BCUT2D eigenvalue weighted by atomic mass is 9.90. The first kappa shape index (κ1) is 15.3. The SMILES string of the molecule is CCCC1(C(=O)O)CCCN1C(=O)c1ccc(O)cc1F. The van der Waals surface area contributed by atoms with Gasteiger partial charge in [-0.3, -0.25) is 4.79 Å². The minimum Gasteiger partial charge on any atom is -0.508 e. The van der Waals surface area contributed by atoms with Crippen LogP contribution in [-0.4, -0.2) is 39.1 Å². The van der Waals surface area contributed by atoms with E-state index < -0.39 is 23.2 Å². The van der Waals surface area contributed by atoms with Gasteiger partial charge in [-0.15, -0.1) is 0 Å². The van der Waals surface area contributed by atoms with Gasteiger partial charge in [0.2, 0.25) is 0 Å². The number of phenols is 1. The van der Waals surface area contributed by atoms with Crippen molar-refractivity contribution in [1.29, 1.82) is 0 Å². The number of benzene rings is 1. The second kappa shape index (κ2) is 5.71. The number of amides is 1. The topological polar surface area (TPSA) is 77.8 Å². The highest BCUT2D eigenvalue weighted by atomic mass is 19.1. The molecule has 0 spiro atoms. The lowest BCUT2D eigenvalue weighted by Gasteiger charge is -2.34. The van der Waals surface area contributed by atoms with Gasteiger partial charge in [0.15, 0.2) is 0 Å². The van der Waals surface area contributed by atoms with Gasteiger partial charge in [0, 0.05) is 12.6 Å². The standard InChI is InChI=1S/C15H18FNO4/c1-2-6-15(14(20)21)7-3-8-17(15)13(19)11-5-4-10(18)9-12(11)16/h4-5,9,18H,2-3,6-8H2,1H3,(H,20,21).